The van der Waals surface area contributed by atoms with E-state index in [4.69, 9.17) is 0 Å². The molecule has 0 aromatic heterocycles. The minimum atomic E-state index is -4.30. The number of hydrogen-bond donors (Lipinski definition) is 1. The van der Waals surface area contributed by atoms with E-state index >= 15 is 0 Å². The minimum Gasteiger partial charge on any atom is -0.282 e. The van der Waals surface area contributed by atoms with Crippen molar-refractivity contribution in [3.63, 3.8) is 0 Å². The average Bonchev–Trinajstić information content (AvgIpc) is 2.45. The second-order valence-electron chi connectivity index (χ2n) is 4.90. The molecule has 1 N–H and O–H groups in total. The van der Waals surface area contributed by atoms with Crippen LogP contribution in [0.5, 0.6) is 0 Å². The summed E-state index contributed by atoms with van der Waals surface area (Å²) in [4.78, 5) is -0.0225. The van der Waals surface area contributed by atoms with Crippen LogP contribution in [0.15, 0.2) is 66.1 Å². The minimum absolute atomic E-state index is 0.0225. The van der Waals surface area contributed by atoms with Gasteiger partial charge in [0.25, 0.3) is 10.1 Å². The standard InChI is InChI=1S/C17H14O3S/c1-2-5-13-9-10-15-14-7-4-3-6-12(14)8-11-16(15)17(13)21(18,19)20/h2-4,6-11H,1,5H2,(H,18,19,20). The average molecular weight is 298 g/mol. The maximum atomic E-state index is 11.8. The SMILES string of the molecule is C=CCc1ccc2c(ccc3ccccc32)c1S(=O)(=O)O. The molecule has 3 nitrogen and oxygen atoms in total. The van der Waals surface area contributed by atoms with Crippen LogP contribution in [-0.4, -0.2) is 13.0 Å². The molecule has 0 heterocycles. The van der Waals surface area contributed by atoms with E-state index in [0.29, 0.717) is 17.4 Å². The molecule has 0 atom stereocenters. The van der Waals surface area contributed by atoms with Gasteiger partial charge in [-0.2, -0.15) is 8.42 Å². The lowest BCUT2D eigenvalue weighted by atomic mass is 9.99. The van der Waals surface area contributed by atoms with Crippen molar-refractivity contribution in [2.24, 2.45) is 0 Å². The highest BCUT2D eigenvalue weighted by atomic mass is 32.2. The molecule has 0 saturated heterocycles. The first-order valence-corrected chi connectivity index (χ1v) is 7.98. The van der Waals surface area contributed by atoms with E-state index in [1.807, 2.05) is 36.4 Å². The van der Waals surface area contributed by atoms with E-state index in [1.54, 1.807) is 18.2 Å². The first kappa shape index (κ1) is 13.8. The van der Waals surface area contributed by atoms with Crippen molar-refractivity contribution < 1.29 is 13.0 Å². The van der Waals surface area contributed by atoms with Crippen LogP contribution >= 0.6 is 0 Å². The van der Waals surface area contributed by atoms with Crippen molar-refractivity contribution >= 4 is 31.7 Å². The quantitative estimate of drug-likeness (QED) is 0.452. The second kappa shape index (κ2) is 4.98. The Morgan fingerprint density at radius 2 is 1.67 bits per heavy atom. The van der Waals surface area contributed by atoms with Gasteiger partial charge in [-0.15, -0.1) is 6.58 Å². The lowest BCUT2D eigenvalue weighted by molar-refractivity contribution is 0.483. The van der Waals surface area contributed by atoms with Gasteiger partial charge < -0.3 is 0 Å². The predicted octanol–water partition coefficient (Wildman–Crippen LogP) is 3.97. The number of benzene rings is 3. The molecule has 0 amide bonds. The summed E-state index contributed by atoms with van der Waals surface area (Å²) in [5, 5.41) is 3.34. The van der Waals surface area contributed by atoms with Crippen molar-refractivity contribution in [1.82, 2.24) is 0 Å². The van der Waals surface area contributed by atoms with Crippen LogP contribution in [0.1, 0.15) is 5.56 Å². The highest BCUT2D eigenvalue weighted by Gasteiger charge is 2.19. The van der Waals surface area contributed by atoms with Gasteiger partial charge in [0.2, 0.25) is 0 Å². The van der Waals surface area contributed by atoms with Gasteiger partial charge in [0.1, 0.15) is 4.90 Å². The molecule has 0 aliphatic carbocycles. The Kier molecular flexibility index (Phi) is 3.27. The number of rotatable bonds is 3. The van der Waals surface area contributed by atoms with Gasteiger partial charge >= 0.3 is 0 Å². The van der Waals surface area contributed by atoms with Crippen molar-refractivity contribution in [3.05, 3.63) is 66.7 Å². The maximum absolute atomic E-state index is 11.8. The molecule has 3 aromatic carbocycles. The van der Waals surface area contributed by atoms with Crippen molar-refractivity contribution in [3.8, 4) is 0 Å². The molecule has 0 saturated carbocycles. The Bertz CT molecular complexity index is 956. The summed E-state index contributed by atoms with van der Waals surface area (Å²) in [7, 11) is -4.30. The zero-order valence-corrected chi connectivity index (χ0v) is 12.1. The molecular weight excluding hydrogens is 284 g/mol. The molecule has 3 aromatic rings. The van der Waals surface area contributed by atoms with E-state index in [1.165, 1.54) is 0 Å². The van der Waals surface area contributed by atoms with Crippen LogP contribution in [0.25, 0.3) is 21.5 Å². The molecule has 106 valence electrons. The van der Waals surface area contributed by atoms with Gasteiger partial charge in [0.15, 0.2) is 0 Å². The Balaban J connectivity index is 2.52. The van der Waals surface area contributed by atoms with Crippen LogP contribution in [0.4, 0.5) is 0 Å². The summed E-state index contributed by atoms with van der Waals surface area (Å²) in [6, 6.07) is 15.0. The zero-order valence-electron chi connectivity index (χ0n) is 11.3. The third-order valence-electron chi connectivity index (χ3n) is 3.58. The van der Waals surface area contributed by atoms with E-state index in [0.717, 1.165) is 16.2 Å². The topological polar surface area (TPSA) is 54.4 Å². The van der Waals surface area contributed by atoms with Crippen molar-refractivity contribution in [1.29, 1.82) is 0 Å². The summed E-state index contributed by atoms with van der Waals surface area (Å²) in [5.41, 5.74) is 0.551. The smallest absolute Gasteiger partial charge is 0.282 e. The number of hydrogen-bond acceptors (Lipinski definition) is 2. The van der Waals surface area contributed by atoms with Crippen molar-refractivity contribution in [2.45, 2.75) is 11.3 Å². The Morgan fingerprint density at radius 1 is 0.952 bits per heavy atom. The third kappa shape index (κ3) is 2.33. The predicted molar refractivity (Wildman–Crippen MR) is 85.2 cm³/mol. The summed E-state index contributed by atoms with van der Waals surface area (Å²) in [6.07, 6.45) is 2.01. The molecule has 0 unspecified atom stereocenters. The summed E-state index contributed by atoms with van der Waals surface area (Å²) >= 11 is 0. The molecule has 0 fully saturated rings. The Morgan fingerprint density at radius 3 is 2.38 bits per heavy atom. The van der Waals surface area contributed by atoms with Gasteiger partial charge in [-0.3, -0.25) is 4.55 Å². The highest BCUT2D eigenvalue weighted by Crippen LogP contribution is 2.32. The fourth-order valence-electron chi connectivity index (χ4n) is 2.73. The highest BCUT2D eigenvalue weighted by molar-refractivity contribution is 7.86. The summed E-state index contributed by atoms with van der Waals surface area (Å²) in [6.45, 7) is 3.63. The van der Waals surface area contributed by atoms with Crippen LogP contribution in [0.2, 0.25) is 0 Å². The van der Waals surface area contributed by atoms with E-state index < -0.39 is 10.1 Å². The molecule has 21 heavy (non-hydrogen) atoms. The van der Waals surface area contributed by atoms with Gasteiger partial charge in [0.05, 0.1) is 0 Å². The molecule has 3 rings (SSSR count). The van der Waals surface area contributed by atoms with Gasteiger partial charge in [-0.1, -0.05) is 54.6 Å². The van der Waals surface area contributed by atoms with Gasteiger partial charge in [0, 0.05) is 5.39 Å². The molecular formula is C17H14O3S. The van der Waals surface area contributed by atoms with E-state index in [9.17, 15) is 13.0 Å². The fourth-order valence-corrected chi connectivity index (χ4v) is 3.67. The second-order valence-corrected chi connectivity index (χ2v) is 6.26. The van der Waals surface area contributed by atoms with E-state index in [2.05, 4.69) is 6.58 Å². The lowest BCUT2D eigenvalue weighted by Gasteiger charge is -2.11. The normalized spacial score (nSPS) is 11.9. The monoisotopic (exact) mass is 298 g/mol. The molecule has 0 spiro atoms. The van der Waals surface area contributed by atoms with Crippen LogP contribution in [-0.2, 0) is 16.5 Å². The number of allylic oxidation sites excluding steroid dienone is 1. The fraction of sp³-hybridized carbons (Fsp3) is 0.0588. The van der Waals surface area contributed by atoms with E-state index in [-0.39, 0.29) is 4.90 Å². The van der Waals surface area contributed by atoms with Crippen LogP contribution in [0, 0.1) is 0 Å². The molecule has 0 aliphatic heterocycles. The largest absolute Gasteiger partial charge is 0.295 e. The molecule has 0 bridgehead atoms. The first-order chi connectivity index (χ1) is 10.0. The first-order valence-electron chi connectivity index (χ1n) is 6.54. The molecule has 4 heteroatoms. The van der Waals surface area contributed by atoms with Crippen LogP contribution in [0.3, 0.4) is 0 Å². The lowest BCUT2D eigenvalue weighted by Crippen LogP contribution is -2.04. The van der Waals surface area contributed by atoms with Crippen molar-refractivity contribution in [2.75, 3.05) is 0 Å². The molecule has 0 aliphatic rings. The maximum Gasteiger partial charge on any atom is 0.295 e. The Hall–Kier alpha value is -2.17. The number of fused-ring (bicyclic) bond motifs is 3. The van der Waals surface area contributed by atoms with Gasteiger partial charge in [-0.05, 0) is 28.1 Å². The third-order valence-corrected chi connectivity index (χ3v) is 4.58. The summed E-state index contributed by atoms with van der Waals surface area (Å²) in [5.74, 6) is 0. The molecule has 0 radical (unpaired) electrons. The zero-order chi connectivity index (χ0) is 15.0. The Labute approximate surface area is 123 Å². The van der Waals surface area contributed by atoms with Gasteiger partial charge in [-0.25, -0.2) is 0 Å². The summed E-state index contributed by atoms with van der Waals surface area (Å²) < 4.78 is 33.2. The van der Waals surface area contributed by atoms with Crippen LogP contribution < -0.4 is 0 Å².